The van der Waals surface area contributed by atoms with Crippen LogP contribution in [0.4, 0.5) is 0 Å². The summed E-state index contributed by atoms with van der Waals surface area (Å²) in [5.74, 6) is 0.401. The van der Waals surface area contributed by atoms with Crippen molar-refractivity contribution >= 4 is 15.9 Å². The molecule has 1 saturated carbocycles. The number of hydrogen-bond acceptors (Lipinski definition) is 2. The van der Waals surface area contributed by atoms with Crippen LogP contribution >= 0.6 is 15.9 Å². The predicted octanol–water partition coefficient (Wildman–Crippen LogP) is 4.95. The van der Waals surface area contributed by atoms with Crippen LogP contribution in [0.15, 0.2) is 28.7 Å². The second-order valence-corrected chi connectivity index (χ2v) is 7.46. The molecule has 0 bridgehead atoms. The normalized spacial score (nSPS) is 19.3. The number of aliphatic hydroxyl groups is 1. The molecule has 0 amide bonds. The fourth-order valence-corrected chi connectivity index (χ4v) is 4.04. The van der Waals surface area contributed by atoms with Crippen LogP contribution in [-0.4, -0.2) is 29.6 Å². The minimum Gasteiger partial charge on any atom is -0.385 e. The summed E-state index contributed by atoms with van der Waals surface area (Å²) in [6, 6.07) is 8.31. The average molecular weight is 368 g/mol. The van der Waals surface area contributed by atoms with Gasteiger partial charge in [-0.1, -0.05) is 61.2 Å². The standard InChI is InChI=1S/C19H30BrNO/c1-3-21(4-2)15-14-19(22,16-8-6-5-7-9-16)17-10-12-18(20)13-11-17/h10-13,16,22H,3-9,14-15H2,1-2H3. The topological polar surface area (TPSA) is 23.5 Å². The van der Waals surface area contributed by atoms with Crippen molar-refractivity contribution in [2.24, 2.45) is 5.92 Å². The second kappa shape index (κ2) is 8.47. The zero-order valence-electron chi connectivity index (χ0n) is 14.0. The Hall–Kier alpha value is -0.380. The first kappa shape index (κ1) is 18.0. The molecule has 124 valence electrons. The third kappa shape index (κ3) is 4.33. The quantitative estimate of drug-likeness (QED) is 0.736. The molecule has 0 aromatic heterocycles. The molecule has 1 unspecified atom stereocenters. The summed E-state index contributed by atoms with van der Waals surface area (Å²) in [5.41, 5.74) is 0.415. The Bertz CT molecular complexity index is 437. The third-order valence-electron chi connectivity index (χ3n) is 5.33. The lowest BCUT2D eigenvalue weighted by atomic mass is 9.71. The summed E-state index contributed by atoms with van der Waals surface area (Å²) in [5, 5.41) is 11.6. The molecule has 2 rings (SSSR count). The van der Waals surface area contributed by atoms with Crippen LogP contribution < -0.4 is 0 Å². The Kier molecular flexibility index (Phi) is 6.91. The summed E-state index contributed by atoms with van der Waals surface area (Å²) < 4.78 is 1.07. The molecule has 1 atom stereocenters. The molecule has 3 heteroatoms. The summed E-state index contributed by atoms with van der Waals surface area (Å²) in [6.45, 7) is 7.47. The first-order chi connectivity index (χ1) is 10.6. The van der Waals surface area contributed by atoms with Gasteiger partial charge in [0.25, 0.3) is 0 Å². The maximum atomic E-state index is 11.6. The Balaban J connectivity index is 2.20. The van der Waals surface area contributed by atoms with E-state index in [2.05, 4.69) is 58.9 Å². The van der Waals surface area contributed by atoms with Crippen LogP contribution in [0.3, 0.4) is 0 Å². The number of hydrogen-bond donors (Lipinski definition) is 1. The van der Waals surface area contributed by atoms with Gasteiger partial charge in [0.1, 0.15) is 0 Å². The van der Waals surface area contributed by atoms with E-state index in [0.717, 1.165) is 48.9 Å². The molecule has 1 N–H and O–H groups in total. The van der Waals surface area contributed by atoms with Gasteiger partial charge < -0.3 is 10.0 Å². The van der Waals surface area contributed by atoms with E-state index < -0.39 is 5.60 Å². The van der Waals surface area contributed by atoms with Crippen molar-refractivity contribution in [3.8, 4) is 0 Å². The van der Waals surface area contributed by atoms with E-state index >= 15 is 0 Å². The van der Waals surface area contributed by atoms with Gasteiger partial charge >= 0.3 is 0 Å². The molecule has 0 heterocycles. The molecule has 0 saturated heterocycles. The Morgan fingerprint density at radius 3 is 2.23 bits per heavy atom. The minimum absolute atomic E-state index is 0.401. The van der Waals surface area contributed by atoms with Gasteiger partial charge in [0.05, 0.1) is 5.60 Å². The lowest BCUT2D eigenvalue weighted by Crippen LogP contribution is -2.40. The maximum absolute atomic E-state index is 11.6. The summed E-state index contributed by atoms with van der Waals surface area (Å²) >= 11 is 3.50. The van der Waals surface area contributed by atoms with Crippen LogP contribution in [0.5, 0.6) is 0 Å². The summed E-state index contributed by atoms with van der Waals surface area (Å²) in [7, 11) is 0. The molecule has 1 aliphatic rings. The smallest absolute Gasteiger partial charge is 0.0936 e. The molecule has 2 nitrogen and oxygen atoms in total. The van der Waals surface area contributed by atoms with Gasteiger partial charge in [0.15, 0.2) is 0 Å². The highest BCUT2D eigenvalue weighted by Gasteiger charge is 2.38. The van der Waals surface area contributed by atoms with E-state index in [0.29, 0.717) is 5.92 Å². The molecule has 0 radical (unpaired) electrons. The van der Waals surface area contributed by atoms with Crippen LogP contribution in [0.25, 0.3) is 0 Å². The number of benzene rings is 1. The maximum Gasteiger partial charge on any atom is 0.0936 e. The molecule has 1 aromatic rings. The van der Waals surface area contributed by atoms with Gasteiger partial charge in [0.2, 0.25) is 0 Å². The van der Waals surface area contributed by atoms with Crippen molar-refractivity contribution in [3.05, 3.63) is 34.3 Å². The molecule has 22 heavy (non-hydrogen) atoms. The number of rotatable bonds is 7. The molecule has 1 aliphatic carbocycles. The van der Waals surface area contributed by atoms with Crippen molar-refractivity contribution < 1.29 is 5.11 Å². The zero-order valence-corrected chi connectivity index (χ0v) is 15.6. The minimum atomic E-state index is -0.677. The van der Waals surface area contributed by atoms with Crippen molar-refractivity contribution in [1.82, 2.24) is 4.90 Å². The van der Waals surface area contributed by atoms with E-state index in [9.17, 15) is 5.11 Å². The molecule has 1 aromatic carbocycles. The van der Waals surface area contributed by atoms with E-state index in [1.165, 1.54) is 19.3 Å². The predicted molar refractivity (Wildman–Crippen MR) is 97.0 cm³/mol. The van der Waals surface area contributed by atoms with Gasteiger partial charge in [-0.3, -0.25) is 0 Å². The molecular formula is C19H30BrNO. The highest BCUT2D eigenvalue weighted by Crippen LogP contribution is 2.42. The first-order valence-corrected chi connectivity index (χ1v) is 9.60. The van der Waals surface area contributed by atoms with Gasteiger partial charge in [-0.05, 0) is 56.0 Å². The van der Waals surface area contributed by atoms with Gasteiger partial charge in [0, 0.05) is 11.0 Å². The van der Waals surface area contributed by atoms with Crippen molar-refractivity contribution in [1.29, 1.82) is 0 Å². The zero-order chi connectivity index (χ0) is 16.0. The van der Waals surface area contributed by atoms with Gasteiger partial charge in [-0.25, -0.2) is 0 Å². The van der Waals surface area contributed by atoms with Crippen LogP contribution in [-0.2, 0) is 5.60 Å². The number of halogens is 1. The lowest BCUT2D eigenvalue weighted by molar-refractivity contribution is -0.0516. The van der Waals surface area contributed by atoms with E-state index in [1.807, 2.05) is 0 Å². The lowest BCUT2D eigenvalue weighted by Gasteiger charge is -2.40. The first-order valence-electron chi connectivity index (χ1n) is 8.81. The van der Waals surface area contributed by atoms with E-state index in [-0.39, 0.29) is 0 Å². The fourth-order valence-electron chi connectivity index (χ4n) is 3.77. The van der Waals surface area contributed by atoms with Gasteiger partial charge in [-0.2, -0.15) is 0 Å². The molecule has 0 spiro atoms. The van der Waals surface area contributed by atoms with Crippen molar-refractivity contribution in [2.75, 3.05) is 19.6 Å². The van der Waals surface area contributed by atoms with E-state index in [4.69, 9.17) is 0 Å². The van der Waals surface area contributed by atoms with Crippen LogP contribution in [0.2, 0.25) is 0 Å². The Morgan fingerprint density at radius 2 is 1.68 bits per heavy atom. The van der Waals surface area contributed by atoms with Crippen molar-refractivity contribution in [2.45, 2.75) is 58.0 Å². The summed E-state index contributed by atoms with van der Waals surface area (Å²) in [6.07, 6.45) is 6.99. The summed E-state index contributed by atoms with van der Waals surface area (Å²) in [4.78, 5) is 2.41. The van der Waals surface area contributed by atoms with Crippen LogP contribution in [0, 0.1) is 5.92 Å². The fraction of sp³-hybridized carbons (Fsp3) is 0.684. The third-order valence-corrected chi connectivity index (χ3v) is 5.86. The molecule has 1 fully saturated rings. The Labute approximate surface area is 144 Å². The van der Waals surface area contributed by atoms with Crippen molar-refractivity contribution in [3.63, 3.8) is 0 Å². The highest BCUT2D eigenvalue weighted by atomic mass is 79.9. The van der Waals surface area contributed by atoms with E-state index in [1.54, 1.807) is 0 Å². The highest BCUT2D eigenvalue weighted by molar-refractivity contribution is 9.10. The Morgan fingerprint density at radius 1 is 1.09 bits per heavy atom. The number of nitrogens with zero attached hydrogens (tertiary/aromatic N) is 1. The monoisotopic (exact) mass is 367 g/mol. The van der Waals surface area contributed by atoms with Crippen LogP contribution in [0.1, 0.15) is 57.9 Å². The average Bonchev–Trinajstić information content (AvgIpc) is 2.57. The SMILES string of the molecule is CCN(CC)CCC(O)(c1ccc(Br)cc1)C1CCCCC1. The largest absolute Gasteiger partial charge is 0.385 e. The second-order valence-electron chi connectivity index (χ2n) is 6.54. The van der Waals surface area contributed by atoms with Gasteiger partial charge in [-0.15, -0.1) is 0 Å². The molecular weight excluding hydrogens is 338 g/mol. The molecule has 0 aliphatic heterocycles.